The maximum absolute atomic E-state index is 12.5. The lowest BCUT2D eigenvalue weighted by Crippen LogP contribution is -2.44. The zero-order valence-electron chi connectivity index (χ0n) is 14.9. The Morgan fingerprint density at radius 1 is 1.24 bits per heavy atom. The summed E-state index contributed by atoms with van der Waals surface area (Å²) in [5, 5.41) is 6.20. The molecule has 0 radical (unpaired) electrons. The number of rotatable bonds is 5. The second-order valence-corrected chi connectivity index (χ2v) is 6.56. The number of aryl methyl sites for hydroxylation is 1. The molecular formula is C19H26N4O2. The van der Waals surface area contributed by atoms with E-state index in [1.807, 2.05) is 42.1 Å². The molecular weight excluding hydrogens is 316 g/mol. The molecule has 6 heteroatoms. The molecule has 6 nitrogen and oxygen atoms in total. The van der Waals surface area contributed by atoms with Crippen molar-refractivity contribution >= 4 is 6.03 Å². The highest BCUT2D eigenvalue weighted by atomic mass is 16.5. The number of imidazole rings is 1. The van der Waals surface area contributed by atoms with Crippen LogP contribution in [0.1, 0.15) is 49.5 Å². The summed E-state index contributed by atoms with van der Waals surface area (Å²) in [5.74, 6) is 1.58. The lowest BCUT2D eigenvalue weighted by atomic mass is 9.96. The van der Waals surface area contributed by atoms with Crippen LogP contribution in [-0.4, -0.2) is 28.7 Å². The van der Waals surface area contributed by atoms with Gasteiger partial charge in [0.25, 0.3) is 0 Å². The van der Waals surface area contributed by atoms with Crippen LogP contribution in [0.25, 0.3) is 0 Å². The molecule has 1 aliphatic rings. The van der Waals surface area contributed by atoms with E-state index < -0.39 is 0 Å². The number of nitrogens with zero attached hydrogens (tertiary/aromatic N) is 2. The van der Waals surface area contributed by atoms with Gasteiger partial charge in [-0.15, -0.1) is 0 Å². The third-order valence-electron chi connectivity index (χ3n) is 4.78. The van der Waals surface area contributed by atoms with Crippen LogP contribution in [0.3, 0.4) is 0 Å². The van der Waals surface area contributed by atoms with Crippen molar-refractivity contribution in [3.8, 4) is 5.75 Å². The molecule has 2 N–H and O–H groups in total. The molecule has 3 rings (SSSR count). The first-order valence-electron chi connectivity index (χ1n) is 8.85. The van der Waals surface area contributed by atoms with Crippen LogP contribution < -0.4 is 15.4 Å². The average Bonchev–Trinajstić information content (AvgIpc) is 3.06. The molecule has 0 spiro atoms. The van der Waals surface area contributed by atoms with Gasteiger partial charge in [0.1, 0.15) is 17.6 Å². The summed E-state index contributed by atoms with van der Waals surface area (Å²) in [4.78, 5) is 17.0. The molecule has 2 amide bonds. The second kappa shape index (κ2) is 8.05. The molecule has 1 heterocycles. The first-order chi connectivity index (χ1) is 12.2. The minimum absolute atomic E-state index is 0.143. The standard InChI is InChI=1S/C19H26N4O2/c1-23-13-12-20-18(23)17(14-8-10-16(25-2)11-9-14)22-19(24)21-15-6-4-3-5-7-15/h8-13,15,17H,3-7H2,1-2H3,(H2,21,22,24). The van der Waals surface area contributed by atoms with E-state index in [2.05, 4.69) is 15.6 Å². The van der Waals surface area contributed by atoms with Gasteiger partial charge in [-0.25, -0.2) is 9.78 Å². The SMILES string of the molecule is COc1ccc(C(NC(=O)NC2CCCCC2)c2nccn2C)cc1. The second-order valence-electron chi connectivity index (χ2n) is 6.56. The van der Waals surface area contributed by atoms with Crippen molar-refractivity contribution in [3.05, 3.63) is 48.0 Å². The molecule has 1 aromatic heterocycles. The van der Waals surface area contributed by atoms with Crippen LogP contribution in [0, 0.1) is 0 Å². The highest BCUT2D eigenvalue weighted by molar-refractivity contribution is 5.75. The average molecular weight is 342 g/mol. The summed E-state index contributed by atoms with van der Waals surface area (Å²) in [6, 6.07) is 7.52. The van der Waals surface area contributed by atoms with E-state index in [1.165, 1.54) is 19.3 Å². The van der Waals surface area contributed by atoms with E-state index in [-0.39, 0.29) is 18.1 Å². The highest BCUT2D eigenvalue weighted by Gasteiger charge is 2.23. The third-order valence-corrected chi connectivity index (χ3v) is 4.78. The summed E-state index contributed by atoms with van der Waals surface area (Å²) >= 11 is 0. The van der Waals surface area contributed by atoms with Crippen LogP contribution >= 0.6 is 0 Å². The zero-order chi connectivity index (χ0) is 17.6. The Hall–Kier alpha value is -2.50. The van der Waals surface area contributed by atoms with E-state index in [4.69, 9.17) is 4.74 Å². The summed E-state index contributed by atoms with van der Waals surface area (Å²) in [6.45, 7) is 0. The number of methoxy groups -OCH3 is 1. The fraction of sp³-hybridized carbons (Fsp3) is 0.474. The number of ether oxygens (including phenoxy) is 1. The number of carbonyl (C=O) groups is 1. The number of hydrogen-bond donors (Lipinski definition) is 2. The summed E-state index contributed by atoms with van der Waals surface area (Å²) < 4.78 is 7.15. The Labute approximate surface area is 148 Å². The first-order valence-corrected chi connectivity index (χ1v) is 8.85. The molecule has 1 aromatic carbocycles. The molecule has 0 saturated heterocycles. The van der Waals surface area contributed by atoms with E-state index in [9.17, 15) is 4.79 Å². The molecule has 1 aliphatic carbocycles. The van der Waals surface area contributed by atoms with Gasteiger partial charge < -0.3 is 19.9 Å². The zero-order valence-corrected chi connectivity index (χ0v) is 14.9. The number of benzene rings is 1. The van der Waals surface area contributed by atoms with E-state index in [0.717, 1.165) is 30.0 Å². The topological polar surface area (TPSA) is 68.2 Å². The molecule has 1 atom stereocenters. The molecule has 1 saturated carbocycles. The summed E-state index contributed by atoms with van der Waals surface area (Å²) in [6.07, 6.45) is 9.38. The Balaban J connectivity index is 1.76. The Morgan fingerprint density at radius 3 is 2.56 bits per heavy atom. The predicted molar refractivity (Wildman–Crippen MR) is 96.6 cm³/mol. The van der Waals surface area contributed by atoms with Crippen molar-refractivity contribution in [2.75, 3.05) is 7.11 Å². The first kappa shape index (κ1) is 17.3. The van der Waals surface area contributed by atoms with E-state index >= 15 is 0 Å². The van der Waals surface area contributed by atoms with Gasteiger partial charge in [0.15, 0.2) is 0 Å². The van der Waals surface area contributed by atoms with Gasteiger partial charge in [-0.3, -0.25) is 0 Å². The van der Waals surface area contributed by atoms with Crippen LogP contribution in [0.5, 0.6) is 5.75 Å². The maximum Gasteiger partial charge on any atom is 0.315 e. The summed E-state index contributed by atoms with van der Waals surface area (Å²) in [7, 11) is 3.57. The lowest BCUT2D eigenvalue weighted by molar-refractivity contribution is 0.230. The lowest BCUT2D eigenvalue weighted by Gasteiger charge is -2.25. The monoisotopic (exact) mass is 342 g/mol. The van der Waals surface area contributed by atoms with E-state index in [0.29, 0.717) is 0 Å². The highest BCUT2D eigenvalue weighted by Crippen LogP contribution is 2.23. The summed E-state index contributed by atoms with van der Waals surface area (Å²) in [5.41, 5.74) is 0.967. The van der Waals surface area contributed by atoms with Crippen LogP contribution in [0.2, 0.25) is 0 Å². The van der Waals surface area contributed by atoms with Gasteiger partial charge in [-0.2, -0.15) is 0 Å². The minimum Gasteiger partial charge on any atom is -0.497 e. The number of amides is 2. The number of urea groups is 1. The van der Waals surface area contributed by atoms with Crippen molar-refractivity contribution in [2.24, 2.45) is 7.05 Å². The Morgan fingerprint density at radius 2 is 1.96 bits per heavy atom. The van der Waals surface area contributed by atoms with Gasteiger partial charge in [-0.05, 0) is 30.5 Å². The van der Waals surface area contributed by atoms with Gasteiger partial charge in [0, 0.05) is 25.5 Å². The van der Waals surface area contributed by atoms with Gasteiger partial charge in [0.05, 0.1) is 7.11 Å². The van der Waals surface area contributed by atoms with Crippen LogP contribution in [-0.2, 0) is 7.05 Å². The van der Waals surface area contributed by atoms with Gasteiger partial charge in [-0.1, -0.05) is 31.4 Å². The molecule has 134 valence electrons. The largest absolute Gasteiger partial charge is 0.497 e. The Kier molecular flexibility index (Phi) is 5.58. The van der Waals surface area contributed by atoms with Crippen molar-refractivity contribution < 1.29 is 9.53 Å². The molecule has 2 aromatic rings. The van der Waals surface area contributed by atoms with Crippen molar-refractivity contribution in [1.29, 1.82) is 0 Å². The van der Waals surface area contributed by atoms with Crippen molar-refractivity contribution in [3.63, 3.8) is 0 Å². The van der Waals surface area contributed by atoms with Gasteiger partial charge in [0.2, 0.25) is 0 Å². The number of aromatic nitrogens is 2. The molecule has 1 unspecified atom stereocenters. The maximum atomic E-state index is 12.5. The number of carbonyl (C=O) groups excluding carboxylic acids is 1. The minimum atomic E-state index is -0.311. The molecule has 1 fully saturated rings. The normalized spacial score (nSPS) is 16.2. The molecule has 25 heavy (non-hydrogen) atoms. The quantitative estimate of drug-likeness (QED) is 0.877. The molecule has 0 aliphatic heterocycles. The Bertz CT molecular complexity index is 690. The number of nitrogens with one attached hydrogen (secondary N) is 2. The van der Waals surface area contributed by atoms with Crippen LogP contribution in [0.15, 0.2) is 36.7 Å². The smallest absolute Gasteiger partial charge is 0.315 e. The van der Waals surface area contributed by atoms with Gasteiger partial charge >= 0.3 is 6.03 Å². The van der Waals surface area contributed by atoms with Crippen molar-refractivity contribution in [2.45, 2.75) is 44.2 Å². The predicted octanol–water partition coefficient (Wildman–Crippen LogP) is 3.15. The van der Waals surface area contributed by atoms with Crippen LogP contribution in [0.4, 0.5) is 4.79 Å². The fourth-order valence-electron chi connectivity index (χ4n) is 3.35. The fourth-order valence-corrected chi connectivity index (χ4v) is 3.35. The molecule has 0 bridgehead atoms. The van der Waals surface area contributed by atoms with E-state index in [1.54, 1.807) is 13.3 Å². The third kappa shape index (κ3) is 4.32. The number of hydrogen-bond acceptors (Lipinski definition) is 3. The van der Waals surface area contributed by atoms with Crippen molar-refractivity contribution in [1.82, 2.24) is 20.2 Å².